The van der Waals surface area contributed by atoms with Gasteiger partial charge in [0.15, 0.2) is 5.82 Å². The third-order valence-electron chi connectivity index (χ3n) is 5.44. The summed E-state index contributed by atoms with van der Waals surface area (Å²) < 4.78 is 7.52. The third kappa shape index (κ3) is 3.75. The van der Waals surface area contributed by atoms with Crippen LogP contribution in [0.5, 0.6) is 0 Å². The number of aryl methyl sites for hydroxylation is 1. The second-order valence-corrected chi connectivity index (χ2v) is 7.46. The molecule has 7 heteroatoms. The SMILES string of the molecule is Cc1nc2cc(C(=O)Nc3cccnc3N3CCOCC3)ccc2n1-c1ccccc1. The summed E-state index contributed by atoms with van der Waals surface area (Å²) >= 11 is 0. The van der Waals surface area contributed by atoms with Crippen LogP contribution >= 0.6 is 0 Å². The highest BCUT2D eigenvalue weighted by Crippen LogP contribution is 2.26. The number of nitrogens with zero attached hydrogens (tertiary/aromatic N) is 4. The Kier molecular flexibility index (Phi) is 5.09. The first-order valence-corrected chi connectivity index (χ1v) is 10.3. The van der Waals surface area contributed by atoms with Crippen LogP contribution in [0.4, 0.5) is 11.5 Å². The van der Waals surface area contributed by atoms with Crippen LogP contribution in [0.2, 0.25) is 0 Å². The van der Waals surface area contributed by atoms with Gasteiger partial charge >= 0.3 is 0 Å². The summed E-state index contributed by atoms with van der Waals surface area (Å²) in [6.45, 7) is 4.79. The van der Waals surface area contributed by atoms with E-state index in [-0.39, 0.29) is 5.91 Å². The highest BCUT2D eigenvalue weighted by molar-refractivity contribution is 6.07. The van der Waals surface area contributed by atoms with Crippen molar-refractivity contribution in [1.82, 2.24) is 14.5 Å². The third-order valence-corrected chi connectivity index (χ3v) is 5.44. The van der Waals surface area contributed by atoms with Crippen LogP contribution in [0, 0.1) is 6.92 Å². The number of carbonyl (C=O) groups excluding carboxylic acids is 1. The van der Waals surface area contributed by atoms with Crippen molar-refractivity contribution in [1.29, 1.82) is 0 Å². The number of pyridine rings is 1. The minimum absolute atomic E-state index is 0.184. The molecule has 2 aromatic heterocycles. The number of hydrogen-bond acceptors (Lipinski definition) is 5. The molecule has 1 aliphatic heterocycles. The maximum atomic E-state index is 13.0. The summed E-state index contributed by atoms with van der Waals surface area (Å²) in [6.07, 6.45) is 1.74. The number of amides is 1. The van der Waals surface area contributed by atoms with Crippen LogP contribution in [0.3, 0.4) is 0 Å². The lowest BCUT2D eigenvalue weighted by atomic mass is 10.1. The van der Waals surface area contributed by atoms with Crippen LogP contribution < -0.4 is 10.2 Å². The van der Waals surface area contributed by atoms with E-state index in [1.54, 1.807) is 6.20 Å². The van der Waals surface area contributed by atoms with Crippen molar-refractivity contribution in [2.75, 3.05) is 36.5 Å². The van der Waals surface area contributed by atoms with E-state index in [2.05, 4.69) is 24.8 Å². The number of fused-ring (bicyclic) bond motifs is 1. The highest BCUT2D eigenvalue weighted by atomic mass is 16.5. The lowest BCUT2D eigenvalue weighted by Crippen LogP contribution is -2.37. The number of benzene rings is 2. The van der Waals surface area contributed by atoms with Gasteiger partial charge in [-0.2, -0.15) is 0 Å². The van der Waals surface area contributed by atoms with Crippen LogP contribution in [0.1, 0.15) is 16.2 Å². The van der Waals surface area contributed by atoms with Crippen LogP contribution in [0.25, 0.3) is 16.7 Å². The molecule has 4 aromatic rings. The first-order chi connectivity index (χ1) is 15.2. The molecule has 5 rings (SSSR count). The quantitative estimate of drug-likeness (QED) is 0.551. The largest absolute Gasteiger partial charge is 0.378 e. The molecular weight excluding hydrogens is 390 g/mol. The average molecular weight is 413 g/mol. The van der Waals surface area contributed by atoms with Gasteiger partial charge in [-0.1, -0.05) is 18.2 Å². The fourth-order valence-corrected chi connectivity index (χ4v) is 3.96. The van der Waals surface area contributed by atoms with Gasteiger partial charge in [0, 0.05) is 30.5 Å². The number of anilines is 2. The zero-order valence-corrected chi connectivity index (χ0v) is 17.3. The predicted molar refractivity (Wildman–Crippen MR) is 121 cm³/mol. The van der Waals surface area contributed by atoms with Crippen molar-refractivity contribution < 1.29 is 9.53 Å². The number of morpholine rings is 1. The Morgan fingerprint density at radius 3 is 2.65 bits per heavy atom. The molecule has 0 radical (unpaired) electrons. The molecule has 0 aliphatic carbocycles. The molecule has 0 atom stereocenters. The Hall–Kier alpha value is -3.71. The van der Waals surface area contributed by atoms with Gasteiger partial charge in [0.25, 0.3) is 5.91 Å². The molecular formula is C24H23N5O2. The van der Waals surface area contributed by atoms with Gasteiger partial charge in [-0.15, -0.1) is 0 Å². The van der Waals surface area contributed by atoms with E-state index in [0.717, 1.165) is 41.5 Å². The molecule has 0 unspecified atom stereocenters. The van der Waals surface area contributed by atoms with Crippen molar-refractivity contribution in [3.63, 3.8) is 0 Å². The minimum Gasteiger partial charge on any atom is -0.378 e. The lowest BCUT2D eigenvalue weighted by Gasteiger charge is -2.29. The summed E-state index contributed by atoms with van der Waals surface area (Å²) in [5.41, 5.74) is 4.05. The smallest absolute Gasteiger partial charge is 0.255 e. The Bertz CT molecular complexity index is 1230. The first kappa shape index (κ1) is 19.3. The number of rotatable bonds is 4. The molecule has 156 valence electrons. The van der Waals surface area contributed by atoms with Crippen LogP contribution in [0.15, 0.2) is 66.9 Å². The van der Waals surface area contributed by atoms with Crippen molar-refractivity contribution in [2.24, 2.45) is 0 Å². The number of hydrogen-bond donors (Lipinski definition) is 1. The van der Waals surface area contributed by atoms with Crippen molar-refractivity contribution >= 4 is 28.4 Å². The maximum absolute atomic E-state index is 13.0. The molecule has 1 fully saturated rings. The number of carbonyl (C=O) groups is 1. The number of nitrogens with one attached hydrogen (secondary N) is 1. The van der Waals surface area contributed by atoms with E-state index in [4.69, 9.17) is 4.74 Å². The zero-order valence-electron chi connectivity index (χ0n) is 17.3. The van der Waals surface area contributed by atoms with Gasteiger partial charge in [-0.3, -0.25) is 9.36 Å². The second-order valence-electron chi connectivity index (χ2n) is 7.46. The summed E-state index contributed by atoms with van der Waals surface area (Å²) in [5, 5.41) is 3.02. The Morgan fingerprint density at radius 1 is 1.03 bits per heavy atom. The van der Waals surface area contributed by atoms with Crippen molar-refractivity contribution in [2.45, 2.75) is 6.92 Å². The van der Waals surface area contributed by atoms with Gasteiger partial charge in [0.05, 0.1) is 29.9 Å². The second kappa shape index (κ2) is 8.20. The molecule has 1 N–H and O–H groups in total. The van der Waals surface area contributed by atoms with Crippen molar-refractivity contribution in [3.05, 3.63) is 78.2 Å². The van der Waals surface area contributed by atoms with Crippen LogP contribution in [-0.4, -0.2) is 46.7 Å². The van der Waals surface area contributed by atoms with E-state index >= 15 is 0 Å². The summed E-state index contributed by atoms with van der Waals surface area (Å²) in [4.78, 5) is 24.3. The van der Waals surface area contributed by atoms with E-state index < -0.39 is 0 Å². The highest BCUT2D eigenvalue weighted by Gasteiger charge is 2.18. The number of ether oxygens (including phenoxy) is 1. The standard InChI is InChI=1S/C24H23N5O2/c1-17-26-21-16-18(9-10-22(21)29(17)19-6-3-2-4-7-19)24(30)27-20-8-5-11-25-23(20)28-12-14-31-15-13-28/h2-11,16H,12-15H2,1H3,(H,27,30). The van der Waals surface area contributed by atoms with E-state index in [1.165, 1.54) is 0 Å². The zero-order chi connectivity index (χ0) is 21.2. The van der Waals surface area contributed by atoms with Gasteiger partial charge in [0.2, 0.25) is 0 Å². The molecule has 0 bridgehead atoms. The first-order valence-electron chi connectivity index (χ1n) is 10.3. The van der Waals surface area contributed by atoms with E-state index in [1.807, 2.05) is 67.6 Å². The Morgan fingerprint density at radius 2 is 1.84 bits per heavy atom. The fraction of sp³-hybridized carbons (Fsp3) is 0.208. The van der Waals surface area contributed by atoms with Gasteiger partial charge in [-0.25, -0.2) is 9.97 Å². The Balaban J connectivity index is 1.44. The summed E-state index contributed by atoms with van der Waals surface area (Å²) in [5.74, 6) is 1.46. The molecule has 1 saturated heterocycles. The molecule has 7 nitrogen and oxygen atoms in total. The van der Waals surface area contributed by atoms with Gasteiger partial charge in [0.1, 0.15) is 5.82 Å². The molecule has 1 amide bonds. The molecule has 3 heterocycles. The maximum Gasteiger partial charge on any atom is 0.255 e. The van der Waals surface area contributed by atoms with E-state index in [0.29, 0.717) is 24.5 Å². The molecule has 2 aromatic carbocycles. The van der Waals surface area contributed by atoms with Crippen LogP contribution in [-0.2, 0) is 4.74 Å². The number of aromatic nitrogens is 3. The minimum atomic E-state index is -0.184. The summed E-state index contributed by atoms with van der Waals surface area (Å²) in [7, 11) is 0. The molecule has 0 saturated carbocycles. The molecule has 31 heavy (non-hydrogen) atoms. The lowest BCUT2D eigenvalue weighted by molar-refractivity contribution is 0.102. The Labute approximate surface area is 180 Å². The van der Waals surface area contributed by atoms with Gasteiger partial charge < -0.3 is 15.0 Å². The summed E-state index contributed by atoms with van der Waals surface area (Å²) in [6, 6.07) is 19.4. The average Bonchev–Trinajstić information content (AvgIpc) is 3.15. The topological polar surface area (TPSA) is 72.3 Å². The van der Waals surface area contributed by atoms with E-state index in [9.17, 15) is 4.79 Å². The molecule has 0 spiro atoms. The normalized spacial score (nSPS) is 14.0. The molecule has 1 aliphatic rings. The monoisotopic (exact) mass is 413 g/mol. The number of para-hydroxylation sites is 1. The van der Waals surface area contributed by atoms with Gasteiger partial charge in [-0.05, 0) is 49.4 Å². The van der Waals surface area contributed by atoms with Crippen molar-refractivity contribution in [3.8, 4) is 5.69 Å². The fourth-order valence-electron chi connectivity index (χ4n) is 3.96. The number of imidazole rings is 1. The predicted octanol–water partition coefficient (Wildman–Crippen LogP) is 3.82.